The lowest BCUT2D eigenvalue weighted by atomic mass is 9.85. The van der Waals surface area contributed by atoms with Crippen molar-refractivity contribution in [1.82, 2.24) is 14.1 Å². The van der Waals surface area contributed by atoms with Gasteiger partial charge in [-0.2, -0.15) is 0 Å². The number of rotatable bonds is 7. The van der Waals surface area contributed by atoms with Gasteiger partial charge in [-0.1, -0.05) is 193 Å². The molecule has 0 N–H and O–H groups in total. The summed E-state index contributed by atoms with van der Waals surface area (Å²) in [5.74, 6) is 0.833. The SMILES string of the molecule is CC(C)(C)c1cccc(-c2cccc(-c3ccccc3)c2-[n+]2[c-]n(-c3cc(Cc4ccc5c6ccccc6n(-c6cc7oc8ccccc8c7cn6)c5c4)cc(C(C)(C)C)c3)c3ccccc32)c1. The molecule has 0 aliphatic rings. The molecule has 0 aliphatic heterocycles. The van der Waals surface area contributed by atoms with E-state index in [0.717, 1.165) is 84.3 Å². The van der Waals surface area contributed by atoms with E-state index < -0.39 is 0 Å². The van der Waals surface area contributed by atoms with Gasteiger partial charge in [-0.05, 0) is 92.1 Å². The molecule has 0 fully saturated rings. The monoisotopic (exact) mass is 880 g/mol. The third-order valence-electron chi connectivity index (χ3n) is 13.7. The Hall–Kier alpha value is -8.02. The van der Waals surface area contributed by atoms with Gasteiger partial charge in [0.15, 0.2) is 0 Å². The van der Waals surface area contributed by atoms with Gasteiger partial charge in [-0.15, -0.1) is 0 Å². The molecule has 4 aromatic heterocycles. The first-order valence-corrected chi connectivity index (χ1v) is 23.7. The molecular weight excluding hydrogens is 829 g/mol. The van der Waals surface area contributed by atoms with Crippen molar-refractivity contribution in [3.8, 4) is 39.4 Å². The zero-order valence-electron chi connectivity index (χ0n) is 39.4. The molecule has 0 spiro atoms. The van der Waals surface area contributed by atoms with Gasteiger partial charge < -0.3 is 4.42 Å². The van der Waals surface area contributed by atoms with Crippen LogP contribution in [0.15, 0.2) is 199 Å². The molecule has 8 aromatic carbocycles. The zero-order chi connectivity index (χ0) is 46.3. The minimum Gasteiger partial charge on any atom is -0.456 e. The van der Waals surface area contributed by atoms with E-state index in [1.54, 1.807) is 0 Å². The Balaban J connectivity index is 1.01. The van der Waals surface area contributed by atoms with Gasteiger partial charge >= 0.3 is 0 Å². The maximum absolute atomic E-state index is 6.37. The quantitative estimate of drug-likeness (QED) is 0.118. The topological polar surface area (TPSA) is 39.8 Å². The van der Waals surface area contributed by atoms with Crippen LogP contribution in [0.3, 0.4) is 0 Å². The Bertz CT molecular complexity index is 3910. The lowest BCUT2D eigenvalue weighted by Crippen LogP contribution is -2.31. The molecule has 0 saturated heterocycles. The Labute approximate surface area is 397 Å². The highest BCUT2D eigenvalue weighted by Gasteiger charge is 2.23. The van der Waals surface area contributed by atoms with Crippen molar-refractivity contribution in [1.29, 1.82) is 0 Å². The van der Waals surface area contributed by atoms with Crippen molar-refractivity contribution in [3.05, 3.63) is 223 Å². The summed E-state index contributed by atoms with van der Waals surface area (Å²) in [5, 5.41) is 4.48. The number of nitrogens with zero attached hydrogens (tertiary/aromatic N) is 4. The molecule has 0 aliphatic carbocycles. The number of para-hydroxylation sites is 5. The maximum atomic E-state index is 6.37. The molecule has 0 unspecified atom stereocenters. The summed E-state index contributed by atoms with van der Waals surface area (Å²) in [4.78, 5) is 5.07. The molecule has 330 valence electrons. The number of furan rings is 1. The minimum atomic E-state index is -0.105. The summed E-state index contributed by atoms with van der Waals surface area (Å²) in [6.07, 6.45) is 6.66. The molecule has 0 bridgehead atoms. The first-order chi connectivity index (χ1) is 33.0. The largest absolute Gasteiger partial charge is 0.456 e. The van der Waals surface area contributed by atoms with Crippen LogP contribution in [0.25, 0.3) is 94.2 Å². The smallest absolute Gasteiger partial charge is 0.269 e. The van der Waals surface area contributed by atoms with Crippen molar-refractivity contribution >= 4 is 54.8 Å². The first-order valence-electron chi connectivity index (χ1n) is 23.7. The van der Waals surface area contributed by atoms with E-state index in [1.165, 1.54) is 38.6 Å². The van der Waals surface area contributed by atoms with E-state index in [9.17, 15) is 0 Å². The summed E-state index contributed by atoms with van der Waals surface area (Å²) in [5.41, 5.74) is 17.9. The molecular formula is C63H52N4O. The number of imidazole rings is 1. The highest BCUT2D eigenvalue weighted by molar-refractivity contribution is 6.10. The van der Waals surface area contributed by atoms with E-state index in [2.05, 4.69) is 231 Å². The minimum absolute atomic E-state index is 0.00476. The molecule has 0 amide bonds. The van der Waals surface area contributed by atoms with Crippen molar-refractivity contribution < 1.29 is 8.98 Å². The highest BCUT2D eigenvalue weighted by Crippen LogP contribution is 2.38. The molecule has 0 radical (unpaired) electrons. The predicted molar refractivity (Wildman–Crippen MR) is 281 cm³/mol. The van der Waals surface area contributed by atoms with E-state index in [1.807, 2.05) is 24.4 Å². The number of pyridine rings is 1. The average molecular weight is 881 g/mol. The Morgan fingerprint density at radius 1 is 0.500 bits per heavy atom. The average Bonchev–Trinajstić information content (AvgIpc) is 4.03. The fraction of sp³-hybridized carbons (Fsp3) is 0.143. The molecule has 0 saturated carbocycles. The number of hydrogen-bond donors (Lipinski definition) is 0. The Kier molecular flexibility index (Phi) is 9.63. The van der Waals surface area contributed by atoms with Gasteiger partial charge in [0.2, 0.25) is 0 Å². The molecule has 68 heavy (non-hydrogen) atoms. The van der Waals surface area contributed by atoms with Gasteiger partial charge in [0.1, 0.15) is 17.0 Å². The van der Waals surface area contributed by atoms with Crippen LogP contribution in [-0.2, 0) is 17.3 Å². The van der Waals surface area contributed by atoms with Gasteiger partial charge in [0.05, 0.1) is 33.4 Å². The van der Waals surface area contributed by atoms with E-state index in [4.69, 9.17) is 9.40 Å². The van der Waals surface area contributed by atoms with Crippen LogP contribution in [0.1, 0.15) is 63.8 Å². The number of hydrogen-bond acceptors (Lipinski definition) is 2. The summed E-state index contributed by atoms with van der Waals surface area (Å²) >= 11 is 0. The lowest BCUT2D eigenvalue weighted by molar-refractivity contribution is -0.571. The van der Waals surface area contributed by atoms with Crippen LogP contribution in [0.2, 0.25) is 0 Å². The molecule has 5 heteroatoms. The molecule has 12 rings (SSSR count). The molecule has 12 aromatic rings. The van der Waals surface area contributed by atoms with Crippen LogP contribution < -0.4 is 4.57 Å². The van der Waals surface area contributed by atoms with Gasteiger partial charge in [0, 0.05) is 33.8 Å². The Morgan fingerprint density at radius 3 is 1.99 bits per heavy atom. The highest BCUT2D eigenvalue weighted by atomic mass is 16.3. The molecule has 5 nitrogen and oxygen atoms in total. The van der Waals surface area contributed by atoms with Crippen LogP contribution in [0, 0.1) is 6.33 Å². The zero-order valence-corrected chi connectivity index (χ0v) is 39.4. The first kappa shape index (κ1) is 41.4. The number of benzene rings is 8. The third kappa shape index (κ3) is 7.09. The van der Waals surface area contributed by atoms with Gasteiger partial charge in [-0.3, -0.25) is 13.7 Å². The second-order valence-corrected chi connectivity index (χ2v) is 20.3. The second-order valence-electron chi connectivity index (χ2n) is 20.3. The fourth-order valence-electron chi connectivity index (χ4n) is 10.1. The summed E-state index contributed by atoms with van der Waals surface area (Å²) in [6, 6.07) is 68.1. The fourth-order valence-corrected chi connectivity index (χ4v) is 10.1. The lowest BCUT2D eigenvalue weighted by Gasteiger charge is -2.22. The predicted octanol–water partition coefficient (Wildman–Crippen LogP) is 15.6. The van der Waals surface area contributed by atoms with Gasteiger partial charge in [-0.25, -0.2) is 4.98 Å². The van der Waals surface area contributed by atoms with Gasteiger partial charge in [0.25, 0.3) is 6.33 Å². The normalized spacial score (nSPS) is 12.3. The van der Waals surface area contributed by atoms with Crippen molar-refractivity contribution in [2.24, 2.45) is 0 Å². The van der Waals surface area contributed by atoms with Crippen LogP contribution >= 0.6 is 0 Å². The molecule has 4 heterocycles. The number of fused-ring (bicyclic) bond motifs is 7. The molecule has 0 atom stereocenters. The van der Waals surface area contributed by atoms with E-state index in [0.29, 0.717) is 0 Å². The second kappa shape index (κ2) is 15.8. The van der Waals surface area contributed by atoms with Crippen LogP contribution in [0.5, 0.6) is 0 Å². The van der Waals surface area contributed by atoms with Crippen molar-refractivity contribution in [2.45, 2.75) is 58.8 Å². The summed E-state index contributed by atoms with van der Waals surface area (Å²) in [6.45, 7) is 13.8. The van der Waals surface area contributed by atoms with Crippen molar-refractivity contribution in [2.75, 3.05) is 0 Å². The van der Waals surface area contributed by atoms with E-state index in [-0.39, 0.29) is 10.8 Å². The van der Waals surface area contributed by atoms with Crippen molar-refractivity contribution in [3.63, 3.8) is 0 Å². The third-order valence-corrected chi connectivity index (χ3v) is 13.7. The summed E-state index contributed by atoms with van der Waals surface area (Å²) in [7, 11) is 0. The van der Waals surface area contributed by atoms with E-state index >= 15 is 0 Å². The number of aromatic nitrogens is 4. The standard InChI is InChI=1S/C63H52N4O/c1-62(2,3)45-21-16-20-44(36-45)49-25-17-24-48(43-18-8-7-9-19-43)61(49)66-40-65(55-27-13-14-28-56(55)66)47-34-42(33-46(37-47)63(4,5)6)32-41-30-31-51-50-22-10-12-26-54(50)67(57(51)35-41)60-38-59-53(39-64-60)52-23-11-15-29-58(52)68-59/h7-31,33-39H,32H2,1-6H3. The maximum Gasteiger partial charge on any atom is 0.269 e. The Morgan fingerprint density at radius 2 is 1.18 bits per heavy atom. The summed E-state index contributed by atoms with van der Waals surface area (Å²) < 4.78 is 13.2. The van der Waals surface area contributed by atoms with Crippen LogP contribution in [0.4, 0.5) is 0 Å². The van der Waals surface area contributed by atoms with Crippen LogP contribution in [-0.4, -0.2) is 14.1 Å².